The van der Waals surface area contributed by atoms with Gasteiger partial charge in [-0.05, 0) is 57.8 Å². The maximum Gasteiger partial charge on any atom is 0.305 e. The van der Waals surface area contributed by atoms with Gasteiger partial charge < -0.3 is 20.3 Å². The second kappa shape index (κ2) is 68.8. The molecule has 0 aromatic rings. The highest BCUT2D eigenvalue weighted by molar-refractivity contribution is 5.76. The van der Waals surface area contributed by atoms with Crippen LogP contribution in [-0.2, 0) is 14.3 Å². The number of aliphatic hydroxyl groups excluding tert-OH is 2. The van der Waals surface area contributed by atoms with Crippen LogP contribution in [0, 0.1) is 0 Å². The Labute approximate surface area is 494 Å². The Morgan fingerprint density at radius 1 is 0.342 bits per heavy atom. The standard InChI is InChI=1S/C73H141NO5/c1-3-5-7-9-11-13-15-17-19-35-39-43-47-51-55-59-63-67-73(78)79-68-64-60-56-52-48-44-40-37-34-32-30-28-26-24-22-20-21-23-25-27-29-31-33-36-38-42-46-50-54-58-62-66-72(77)74-70(69-75)71(76)65-61-57-53-49-45-41-18-16-14-12-10-8-6-4-2/h22,24,61,65,70-71,75-76H,3-21,23,25-60,62-64,66-69H2,1-2H3,(H,74,77)/b24-22-,65-61+. The minimum atomic E-state index is -0.842. The molecule has 1 amide bonds. The van der Waals surface area contributed by atoms with Crippen LogP contribution in [0.1, 0.15) is 406 Å². The van der Waals surface area contributed by atoms with Crippen LogP contribution in [0.4, 0.5) is 0 Å². The van der Waals surface area contributed by atoms with Crippen molar-refractivity contribution in [2.75, 3.05) is 13.2 Å². The number of esters is 1. The smallest absolute Gasteiger partial charge is 0.305 e. The maximum absolute atomic E-state index is 12.5. The van der Waals surface area contributed by atoms with Gasteiger partial charge in [-0.15, -0.1) is 0 Å². The molecule has 2 atom stereocenters. The Hall–Kier alpha value is -1.66. The predicted molar refractivity (Wildman–Crippen MR) is 347 cm³/mol. The highest BCUT2D eigenvalue weighted by atomic mass is 16.5. The number of ether oxygens (including phenoxy) is 1. The number of allylic oxidation sites excluding steroid dienone is 3. The van der Waals surface area contributed by atoms with E-state index in [1.807, 2.05) is 6.08 Å². The number of nitrogens with one attached hydrogen (secondary N) is 1. The molecule has 0 fully saturated rings. The van der Waals surface area contributed by atoms with Gasteiger partial charge in [0.25, 0.3) is 0 Å². The largest absolute Gasteiger partial charge is 0.466 e. The van der Waals surface area contributed by atoms with Gasteiger partial charge in [0.2, 0.25) is 5.91 Å². The van der Waals surface area contributed by atoms with Crippen molar-refractivity contribution < 1.29 is 24.5 Å². The van der Waals surface area contributed by atoms with Crippen molar-refractivity contribution in [2.45, 2.75) is 418 Å². The third-order valence-corrected chi connectivity index (χ3v) is 17.0. The molecule has 0 aromatic heterocycles. The number of carbonyl (C=O) groups is 2. The molecule has 0 spiro atoms. The van der Waals surface area contributed by atoms with Crippen molar-refractivity contribution in [2.24, 2.45) is 0 Å². The van der Waals surface area contributed by atoms with Crippen LogP contribution < -0.4 is 5.32 Å². The van der Waals surface area contributed by atoms with Crippen LogP contribution in [0.3, 0.4) is 0 Å². The first-order valence-corrected chi connectivity index (χ1v) is 36.1. The summed E-state index contributed by atoms with van der Waals surface area (Å²) >= 11 is 0. The summed E-state index contributed by atoms with van der Waals surface area (Å²) in [5, 5.41) is 23.1. The van der Waals surface area contributed by atoms with E-state index >= 15 is 0 Å². The lowest BCUT2D eigenvalue weighted by atomic mass is 10.0. The van der Waals surface area contributed by atoms with Gasteiger partial charge in [-0.3, -0.25) is 9.59 Å². The average Bonchev–Trinajstić information content (AvgIpc) is 3.45. The van der Waals surface area contributed by atoms with Gasteiger partial charge in [0.1, 0.15) is 0 Å². The van der Waals surface area contributed by atoms with E-state index in [-0.39, 0.29) is 18.5 Å². The lowest BCUT2D eigenvalue weighted by Crippen LogP contribution is -2.45. The first-order valence-electron chi connectivity index (χ1n) is 36.1. The zero-order valence-electron chi connectivity index (χ0n) is 53.6. The first-order chi connectivity index (χ1) is 39.0. The molecule has 0 radical (unpaired) electrons. The minimum absolute atomic E-state index is 0.0220. The molecule has 0 bridgehead atoms. The highest BCUT2D eigenvalue weighted by Crippen LogP contribution is 2.19. The number of aliphatic hydroxyl groups is 2. The van der Waals surface area contributed by atoms with Crippen LogP contribution in [0.15, 0.2) is 24.3 Å². The Morgan fingerprint density at radius 3 is 0.899 bits per heavy atom. The molecule has 0 aliphatic carbocycles. The molecule has 6 nitrogen and oxygen atoms in total. The fraction of sp³-hybridized carbons (Fsp3) is 0.918. The molecule has 0 aliphatic rings. The number of hydrogen-bond acceptors (Lipinski definition) is 5. The quantitative estimate of drug-likeness (QED) is 0.0320. The van der Waals surface area contributed by atoms with Gasteiger partial charge in [0.05, 0.1) is 25.4 Å². The lowest BCUT2D eigenvalue weighted by Gasteiger charge is -2.20. The van der Waals surface area contributed by atoms with Crippen molar-refractivity contribution >= 4 is 11.9 Å². The van der Waals surface area contributed by atoms with E-state index < -0.39 is 12.1 Å². The summed E-state index contributed by atoms with van der Waals surface area (Å²) in [5.74, 6) is -0.0417. The molecule has 0 rings (SSSR count). The Morgan fingerprint density at radius 2 is 0.595 bits per heavy atom. The molecule has 468 valence electrons. The van der Waals surface area contributed by atoms with Gasteiger partial charge in [0, 0.05) is 12.8 Å². The van der Waals surface area contributed by atoms with Crippen molar-refractivity contribution in [3.8, 4) is 0 Å². The monoisotopic (exact) mass is 1110 g/mol. The molecular weight excluding hydrogens is 971 g/mol. The Kier molecular flexibility index (Phi) is 67.4. The zero-order chi connectivity index (χ0) is 57.1. The van der Waals surface area contributed by atoms with E-state index in [0.717, 1.165) is 38.5 Å². The van der Waals surface area contributed by atoms with Crippen LogP contribution in [0.2, 0.25) is 0 Å². The molecule has 0 saturated heterocycles. The summed E-state index contributed by atoms with van der Waals surface area (Å²) in [5.41, 5.74) is 0. The summed E-state index contributed by atoms with van der Waals surface area (Å²) in [6.45, 7) is 4.94. The van der Waals surface area contributed by atoms with Gasteiger partial charge in [-0.25, -0.2) is 0 Å². The van der Waals surface area contributed by atoms with E-state index in [1.54, 1.807) is 6.08 Å². The first kappa shape index (κ1) is 77.3. The summed E-state index contributed by atoms with van der Waals surface area (Å²) in [7, 11) is 0. The summed E-state index contributed by atoms with van der Waals surface area (Å²) < 4.78 is 5.51. The average molecular weight is 1110 g/mol. The summed E-state index contributed by atoms with van der Waals surface area (Å²) in [6.07, 6.45) is 87.0. The number of hydrogen-bond donors (Lipinski definition) is 3. The summed E-state index contributed by atoms with van der Waals surface area (Å²) in [6, 6.07) is -0.625. The lowest BCUT2D eigenvalue weighted by molar-refractivity contribution is -0.143. The molecule has 0 heterocycles. The maximum atomic E-state index is 12.5. The van der Waals surface area contributed by atoms with Gasteiger partial charge in [-0.1, -0.05) is 359 Å². The van der Waals surface area contributed by atoms with Gasteiger partial charge in [-0.2, -0.15) is 0 Å². The molecule has 2 unspecified atom stereocenters. The van der Waals surface area contributed by atoms with E-state index in [1.165, 1.54) is 340 Å². The van der Waals surface area contributed by atoms with Crippen LogP contribution in [0.25, 0.3) is 0 Å². The van der Waals surface area contributed by atoms with Gasteiger partial charge >= 0.3 is 5.97 Å². The van der Waals surface area contributed by atoms with E-state index in [9.17, 15) is 19.8 Å². The third kappa shape index (κ3) is 65.4. The molecule has 79 heavy (non-hydrogen) atoms. The minimum Gasteiger partial charge on any atom is -0.466 e. The topological polar surface area (TPSA) is 95.9 Å². The predicted octanol–water partition coefficient (Wildman–Crippen LogP) is 23.3. The molecule has 0 saturated carbocycles. The van der Waals surface area contributed by atoms with E-state index in [0.29, 0.717) is 19.4 Å². The normalized spacial score (nSPS) is 12.6. The van der Waals surface area contributed by atoms with Crippen molar-refractivity contribution in [3.05, 3.63) is 24.3 Å². The Balaban J connectivity index is 3.35. The number of amides is 1. The van der Waals surface area contributed by atoms with E-state index in [4.69, 9.17) is 4.74 Å². The van der Waals surface area contributed by atoms with Crippen LogP contribution in [0.5, 0.6) is 0 Å². The molecule has 3 N–H and O–H groups in total. The molecular formula is C73H141NO5. The summed E-state index contributed by atoms with van der Waals surface area (Å²) in [4.78, 5) is 24.6. The SMILES string of the molecule is CCCCCCCCCCCCCC/C=C/C(O)C(CO)NC(=O)CCCCCCCCCCCCCCCCC/C=C\CCCCCCCCCCCCCCOC(=O)CCCCCCCCCCCCCCCCCCC. The van der Waals surface area contributed by atoms with Crippen molar-refractivity contribution in [1.29, 1.82) is 0 Å². The fourth-order valence-electron chi connectivity index (χ4n) is 11.5. The van der Waals surface area contributed by atoms with E-state index in [2.05, 4.69) is 31.3 Å². The molecule has 0 aliphatic heterocycles. The second-order valence-electron chi connectivity index (χ2n) is 24.9. The zero-order valence-corrected chi connectivity index (χ0v) is 53.6. The van der Waals surface area contributed by atoms with Crippen LogP contribution >= 0.6 is 0 Å². The molecule has 6 heteroatoms. The third-order valence-electron chi connectivity index (χ3n) is 17.0. The number of rotatable bonds is 68. The molecule has 0 aromatic carbocycles. The number of carbonyl (C=O) groups excluding carboxylic acids is 2. The second-order valence-corrected chi connectivity index (χ2v) is 24.9. The fourth-order valence-corrected chi connectivity index (χ4v) is 11.5. The van der Waals surface area contributed by atoms with Crippen LogP contribution in [-0.4, -0.2) is 47.4 Å². The highest BCUT2D eigenvalue weighted by Gasteiger charge is 2.18. The van der Waals surface area contributed by atoms with Crippen molar-refractivity contribution in [1.82, 2.24) is 5.32 Å². The number of unbranched alkanes of at least 4 members (excludes halogenated alkanes) is 55. The Bertz CT molecular complexity index is 1230. The van der Waals surface area contributed by atoms with Crippen molar-refractivity contribution in [3.63, 3.8) is 0 Å². The van der Waals surface area contributed by atoms with Gasteiger partial charge in [0.15, 0.2) is 0 Å².